The molecule has 1 heterocycles. The van der Waals surface area contributed by atoms with Crippen LogP contribution in [-0.4, -0.2) is 27.5 Å². The highest BCUT2D eigenvalue weighted by Crippen LogP contribution is 2.32. The van der Waals surface area contributed by atoms with Crippen LogP contribution in [0.15, 0.2) is 126 Å². The van der Waals surface area contributed by atoms with Crippen molar-refractivity contribution in [3.8, 4) is 11.4 Å². The first kappa shape index (κ1) is 27.0. The van der Waals surface area contributed by atoms with Crippen molar-refractivity contribution in [1.29, 1.82) is 0 Å². The highest BCUT2D eigenvalue weighted by atomic mass is 16.5. The zero-order valence-electron chi connectivity index (χ0n) is 23.6. The van der Waals surface area contributed by atoms with Gasteiger partial charge in [-0.3, -0.25) is 14.2 Å². The van der Waals surface area contributed by atoms with Gasteiger partial charge in [0, 0.05) is 12.1 Å². The lowest BCUT2D eigenvalue weighted by molar-refractivity contribution is 0.0641. The Morgan fingerprint density at radius 3 is 2.31 bits per heavy atom. The molecule has 0 aliphatic carbocycles. The zero-order chi connectivity index (χ0) is 29.1. The van der Waals surface area contributed by atoms with Crippen molar-refractivity contribution in [3.63, 3.8) is 0 Å². The van der Waals surface area contributed by atoms with Crippen LogP contribution in [0.4, 0.5) is 0 Å². The van der Waals surface area contributed by atoms with Crippen molar-refractivity contribution >= 4 is 27.6 Å². The Hall–Kier alpha value is -5.23. The number of nitrogens with zero attached hydrogens (tertiary/aromatic N) is 3. The summed E-state index contributed by atoms with van der Waals surface area (Å²) in [5.74, 6) is 0.893. The van der Waals surface area contributed by atoms with Crippen LogP contribution in [0, 0.1) is 0 Å². The molecule has 6 aromatic rings. The third-order valence-electron chi connectivity index (χ3n) is 7.64. The molecule has 0 radical (unpaired) electrons. The van der Waals surface area contributed by atoms with E-state index in [1.165, 1.54) is 0 Å². The molecule has 0 bridgehead atoms. The van der Waals surface area contributed by atoms with Gasteiger partial charge in [0.2, 0.25) is 0 Å². The minimum absolute atomic E-state index is 0.134. The molecule has 208 valence electrons. The van der Waals surface area contributed by atoms with Crippen molar-refractivity contribution in [3.05, 3.63) is 149 Å². The van der Waals surface area contributed by atoms with Crippen LogP contribution < -0.4 is 10.3 Å². The molecular weight excluding hydrogens is 522 g/mol. The molecule has 0 saturated carbocycles. The van der Waals surface area contributed by atoms with Crippen molar-refractivity contribution in [1.82, 2.24) is 14.5 Å². The Bertz CT molecular complexity index is 1950. The number of amides is 1. The highest BCUT2D eigenvalue weighted by Gasteiger charge is 2.30. The smallest absolute Gasteiger partial charge is 0.266 e. The van der Waals surface area contributed by atoms with E-state index in [4.69, 9.17) is 9.72 Å². The fourth-order valence-corrected chi connectivity index (χ4v) is 5.55. The van der Waals surface area contributed by atoms with E-state index < -0.39 is 6.04 Å². The number of benzene rings is 5. The second kappa shape index (κ2) is 11.7. The molecule has 6 heteroatoms. The molecule has 0 aliphatic heterocycles. The number of fused-ring (bicyclic) bond motifs is 2. The summed E-state index contributed by atoms with van der Waals surface area (Å²) in [6, 6.07) is 37.9. The summed E-state index contributed by atoms with van der Waals surface area (Å²) in [6.07, 6.45) is 0.534. The fourth-order valence-electron chi connectivity index (χ4n) is 5.55. The average molecular weight is 554 g/mol. The average Bonchev–Trinajstić information content (AvgIpc) is 3.04. The molecule has 42 heavy (non-hydrogen) atoms. The van der Waals surface area contributed by atoms with E-state index in [9.17, 15) is 9.59 Å². The summed E-state index contributed by atoms with van der Waals surface area (Å²) in [5.41, 5.74) is 2.51. The molecule has 6 nitrogen and oxygen atoms in total. The fraction of sp³-hybridized carbons (Fsp3) is 0.139. The number of aromatic nitrogens is 2. The first-order chi connectivity index (χ1) is 20.6. The van der Waals surface area contributed by atoms with Crippen LogP contribution in [0.2, 0.25) is 0 Å². The molecule has 0 aliphatic rings. The number of para-hydroxylation sites is 3. The molecule has 0 N–H and O–H groups in total. The second-order valence-corrected chi connectivity index (χ2v) is 10.2. The second-order valence-electron chi connectivity index (χ2n) is 10.2. The summed E-state index contributed by atoms with van der Waals surface area (Å²) >= 11 is 0. The van der Waals surface area contributed by atoms with Crippen LogP contribution in [-0.2, 0) is 6.54 Å². The Kier molecular flexibility index (Phi) is 7.52. The largest absolute Gasteiger partial charge is 0.495 e. The Morgan fingerprint density at radius 2 is 1.52 bits per heavy atom. The minimum atomic E-state index is -0.522. The van der Waals surface area contributed by atoms with Gasteiger partial charge >= 0.3 is 0 Å². The van der Waals surface area contributed by atoms with Gasteiger partial charge in [-0.25, -0.2) is 4.98 Å². The van der Waals surface area contributed by atoms with Crippen molar-refractivity contribution in [2.45, 2.75) is 25.9 Å². The van der Waals surface area contributed by atoms with Crippen LogP contribution >= 0.6 is 0 Å². The predicted molar refractivity (Wildman–Crippen MR) is 167 cm³/mol. The number of carbonyl (C=O) groups excluding carboxylic acids is 1. The monoisotopic (exact) mass is 553 g/mol. The third kappa shape index (κ3) is 5.03. The summed E-state index contributed by atoms with van der Waals surface area (Å²) in [4.78, 5) is 35.5. The highest BCUT2D eigenvalue weighted by molar-refractivity contribution is 5.98. The van der Waals surface area contributed by atoms with E-state index in [2.05, 4.69) is 0 Å². The Morgan fingerprint density at radius 1 is 0.833 bits per heavy atom. The summed E-state index contributed by atoms with van der Waals surface area (Å²) in [5, 5.41) is 2.56. The topological polar surface area (TPSA) is 64.4 Å². The molecule has 0 saturated heterocycles. The van der Waals surface area contributed by atoms with E-state index in [-0.39, 0.29) is 11.5 Å². The summed E-state index contributed by atoms with van der Waals surface area (Å²) < 4.78 is 7.29. The van der Waals surface area contributed by atoms with Crippen LogP contribution in [0.1, 0.15) is 41.1 Å². The van der Waals surface area contributed by atoms with Crippen molar-refractivity contribution < 1.29 is 9.53 Å². The van der Waals surface area contributed by atoms with Crippen LogP contribution in [0.3, 0.4) is 0 Å². The number of ether oxygens (including phenoxy) is 1. The lowest BCUT2D eigenvalue weighted by Gasteiger charge is -2.33. The van der Waals surface area contributed by atoms with Gasteiger partial charge in [0.15, 0.2) is 0 Å². The SMILES string of the molecule is CCC(c1nc2ccccc2c(=O)n1-c1ccccc1OC)N(Cc1ccccc1)C(=O)c1ccc2ccccc2c1. The lowest BCUT2D eigenvalue weighted by atomic mass is 10.0. The maximum atomic E-state index is 14.5. The zero-order valence-corrected chi connectivity index (χ0v) is 23.6. The molecule has 1 atom stereocenters. The van der Waals surface area contributed by atoms with Crippen molar-refractivity contribution in [2.75, 3.05) is 7.11 Å². The number of hydrogen-bond donors (Lipinski definition) is 0. The molecule has 1 aromatic heterocycles. The Labute approximate surface area is 244 Å². The number of methoxy groups -OCH3 is 1. The van der Waals surface area contributed by atoms with Gasteiger partial charge in [0.1, 0.15) is 11.6 Å². The number of rotatable bonds is 8. The molecule has 6 rings (SSSR count). The van der Waals surface area contributed by atoms with Gasteiger partial charge in [0.05, 0.1) is 29.7 Å². The maximum Gasteiger partial charge on any atom is 0.266 e. The quantitative estimate of drug-likeness (QED) is 0.198. The van der Waals surface area contributed by atoms with E-state index in [1.54, 1.807) is 17.7 Å². The number of hydrogen-bond acceptors (Lipinski definition) is 4. The van der Waals surface area contributed by atoms with Gasteiger partial charge in [-0.1, -0.05) is 91.9 Å². The molecule has 0 fully saturated rings. The van der Waals surface area contributed by atoms with Crippen LogP contribution in [0.25, 0.3) is 27.4 Å². The normalized spacial score (nSPS) is 11.9. The minimum Gasteiger partial charge on any atom is -0.495 e. The van der Waals surface area contributed by atoms with E-state index in [1.807, 2.05) is 127 Å². The van der Waals surface area contributed by atoms with Gasteiger partial charge in [-0.05, 0) is 59.2 Å². The van der Waals surface area contributed by atoms with E-state index in [0.29, 0.717) is 46.7 Å². The van der Waals surface area contributed by atoms with E-state index >= 15 is 0 Å². The molecule has 1 unspecified atom stereocenters. The van der Waals surface area contributed by atoms with Crippen LogP contribution in [0.5, 0.6) is 5.75 Å². The summed E-state index contributed by atoms with van der Waals surface area (Å²) in [6.45, 7) is 2.36. The van der Waals surface area contributed by atoms with Gasteiger partial charge in [0.25, 0.3) is 11.5 Å². The van der Waals surface area contributed by atoms with Gasteiger partial charge < -0.3 is 9.64 Å². The van der Waals surface area contributed by atoms with Gasteiger partial charge in [-0.2, -0.15) is 0 Å². The van der Waals surface area contributed by atoms with Gasteiger partial charge in [-0.15, -0.1) is 0 Å². The number of carbonyl (C=O) groups is 1. The Balaban J connectivity index is 1.58. The first-order valence-corrected chi connectivity index (χ1v) is 14.1. The summed E-state index contributed by atoms with van der Waals surface area (Å²) in [7, 11) is 1.58. The van der Waals surface area contributed by atoms with E-state index in [0.717, 1.165) is 16.3 Å². The van der Waals surface area contributed by atoms with Crippen molar-refractivity contribution in [2.24, 2.45) is 0 Å². The molecule has 1 amide bonds. The maximum absolute atomic E-state index is 14.5. The molecular formula is C36H31N3O3. The standard InChI is InChI=1S/C36H31N3O3/c1-3-31(34-37-30-18-10-9-17-29(30)36(41)39(34)32-19-11-12-20-33(32)42-2)38(24-25-13-5-4-6-14-25)35(40)28-22-21-26-15-7-8-16-27(26)23-28/h4-23,31H,3,24H2,1-2H3. The third-order valence-corrected chi connectivity index (χ3v) is 7.64. The lowest BCUT2D eigenvalue weighted by Crippen LogP contribution is -2.38. The molecule has 0 spiro atoms. The predicted octanol–water partition coefficient (Wildman–Crippen LogP) is 7.34. The first-order valence-electron chi connectivity index (χ1n) is 14.1. The molecule has 5 aromatic carbocycles.